The maximum atomic E-state index is 12.3. The van der Waals surface area contributed by atoms with Crippen molar-refractivity contribution in [2.45, 2.75) is 19.2 Å². The summed E-state index contributed by atoms with van der Waals surface area (Å²) in [6, 6.07) is 4.47. The number of alkyl halides is 3. The van der Waals surface area contributed by atoms with Crippen LogP contribution in [0.1, 0.15) is 24.2 Å². The van der Waals surface area contributed by atoms with Crippen molar-refractivity contribution in [3.63, 3.8) is 0 Å². The van der Waals surface area contributed by atoms with E-state index >= 15 is 0 Å². The first-order chi connectivity index (χ1) is 7.84. The summed E-state index contributed by atoms with van der Waals surface area (Å²) < 4.78 is 41.7. The van der Waals surface area contributed by atoms with Crippen LogP contribution in [-0.4, -0.2) is 5.97 Å². The van der Waals surface area contributed by atoms with Crippen molar-refractivity contribution in [3.8, 4) is 0 Å². The Morgan fingerprint density at radius 1 is 1.35 bits per heavy atom. The summed E-state index contributed by atoms with van der Waals surface area (Å²) in [5.74, 6) is -0.614. The predicted octanol–water partition coefficient (Wildman–Crippen LogP) is 3.50. The second-order valence-corrected chi connectivity index (χ2v) is 3.40. The van der Waals surface area contributed by atoms with E-state index in [0.717, 1.165) is 18.2 Å². The summed E-state index contributed by atoms with van der Waals surface area (Å²) in [6.45, 7) is 4.80. The molecule has 0 aromatic heterocycles. The van der Waals surface area contributed by atoms with Gasteiger partial charge in [0, 0.05) is 6.08 Å². The molecule has 0 saturated heterocycles. The lowest BCUT2D eigenvalue weighted by Gasteiger charge is -2.13. The number of halogens is 3. The summed E-state index contributed by atoms with van der Waals surface area (Å²) in [4.78, 5) is 10.9. The highest BCUT2D eigenvalue weighted by Gasteiger charge is 2.30. The van der Waals surface area contributed by atoms with Crippen molar-refractivity contribution in [3.05, 3.63) is 48.0 Å². The van der Waals surface area contributed by atoms with Gasteiger partial charge in [-0.25, -0.2) is 4.79 Å². The van der Waals surface area contributed by atoms with Gasteiger partial charge in [0.1, 0.15) is 6.10 Å². The third kappa shape index (κ3) is 3.62. The molecule has 0 aliphatic carbocycles. The van der Waals surface area contributed by atoms with Gasteiger partial charge in [0.25, 0.3) is 0 Å². The third-order valence-electron chi connectivity index (χ3n) is 2.17. The zero-order chi connectivity index (χ0) is 13.1. The SMILES string of the molecule is C=CC(=O)OC(C)c1ccc(C(F)(F)F)cc1. The number of benzene rings is 1. The third-order valence-corrected chi connectivity index (χ3v) is 2.17. The molecule has 5 heteroatoms. The lowest BCUT2D eigenvalue weighted by Crippen LogP contribution is -2.08. The average molecular weight is 244 g/mol. The van der Waals surface area contributed by atoms with E-state index in [4.69, 9.17) is 4.74 Å². The molecule has 1 atom stereocenters. The van der Waals surface area contributed by atoms with E-state index in [2.05, 4.69) is 6.58 Å². The molecule has 0 amide bonds. The summed E-state index contributed by atoms with van der Waals surface area (Å²) in [7, 11) is 0. The second kappa shape index (κ2) is 5.03. The molecule has 17 heavy (non-hydrogen) atoms. The van der Waals surface area contributed by atoms with Gasteiger partial charge in [0.15, 0.2) is 0 Å². The van der Waals surface area contributed by atoms with Crippen molar-refractivity contribution in [1.29, 1.82) is 0 Å². The van der Waals surface area contributed by atoms with Crippen LogP contribution in [0.3, 0.4) is 0 Å². The van der Waals surface area contributed by atoms with Crippen LogP contribution in [0.15, 0.2) is 36.9 Å². The van der Waals surface area contributed by atoms with Crippen LogP contribution < -0.4 is 0 Å². The minimum absolute atomic E-state index is 0.494. The van der Waals surface area contributed by atoms with Crippen LogP contribution >= 0.6 is 0 Å². The minimum atomic E-state index is -4.36. The molecule has 0 heterocycles. The molecule has 1 rings (SSSR count). The second-order valence-electron chi connectivity index (χ2n) is 3.40. The monoisotopic (exact) mass is 244 g/mol. The summed E-state index contributed by atoms with van der Waals surface area (Å²) in [5.41, 5.74) is -0.239. The van der Waals surface area contributed by atoms with Crippen LogP contribution in [0.25, 0.3) is 0 Å². The van der Waals surface area contributed by atoms with Crippen LogP contribution in [0.2, 0.25) is 0 Å². The van der Waals surface area contributed by atoms with Crippen molar-refractivity contribution >= 4 is 5.97 Å². The molecule has 2 nitrogen and oxygen atoms in total. The summed E-state index contributed by atoms with van der Waals surface area (Å²) >= 11 is 0. The lowest BCUT2D eigenvalue weighted by molar-refractivity contribution is -0.142. The van der Waals surface area contributed by atoms with Gasteiger partial charge < -0.3 is 4.74 Å². The molecule has 0 N–H and O–H groups in total. The highest BCUT2D eigenvalue weighted by molar-refractivity contribution is 5.81. The average Bonchev–Trinajstić information content (AvgIpc) is 2.27. The Hall–Kier alpha value is -1.78. The van der Waals surface area contributed by atoms with E-state index in [-0.39, 0.29) is 0 Å². The molecule has 1 unspecified atom stereocenters. The Bertz CT molecular complexity index is 407. The molecule has 0 saturated carbocycles. The first-order valence-electron chi connectivity index (χ1n) is 4.85. The number of hydrogen-bond donors (Lipinski definition) is 0. The number of esters is 1. The largest absolute Gasteiger partial charge is 0.455 e. The van der Waals surface area contributed by atoms with Gasteiger partial charge >= 0.3 is 12.1 Å². The molecule has 92 valence electrons. The Morgan fingerprint density at radius 3 is 2.29 bits per heavy atom. The van der Waals surface area contributed by atoms with E-state index in [9.17, 15) is 18.0 Å². The fraction of sp³-hybridized carbons (Fsp3) is 0.250. The van der Waals surface area contributed by atoms with Crippen LogP contribution in [0.5, 0.6) is 0 Å². The highest BCUT2D eigenvalue weighted by atomic mass is 19.4. The van der Waals surface area contributed by atoms with E-state index in [0.29, 0.717) is 5.56 Å². The van der Waals surface area contributed by atoms with Crippen LogP contribution in [-0.2, 0) is 15.7 Å². The number of carbonyl (C=O) groups is 1. The number of carbonyl (C=O) groups excluding carboxylic acids is 1. The van der Waals surface area contributed by atoms with E-state index in [1.807, 2.05) is 0 Å². The Morgan fingerprint density at radius 2 is 1.88 bits per heavy atom. The summed E-state index contributed by atoms with van der Waals surface area (Å²) in [5, 5.41) is 0. The van der Waals surface area contributed by atoms with E-state index in [1.165, 1.54) is 12.1 Å². The van der Waals surface area contributed by atoms with Gasteiger partial charge in [-0.05, 0) is 24.6 Å². The maximum absolute atomic E-state index is 12.3. The topological polar surface area (TPSA) is 26.3 Å². The van der Waals surface area contributed by atoms with Gasteiger partial charge in [-0.3, -0.25) is 0 Å². The van der Waals surface area contributed by atoms with Gasteiger partial charge in [-0.1, -0.05) is 18.7 Å². The molecule has 0 bridgehead atoms. The molecular weight excluding hydrogens is 233 g/mol. The Kier molecular flexibility index (Phi) is 3.93. The lowest BCUT2D eigenvalue weighted by atomic mass is 10.1. The highest BCUT2D eigenvalue weighted by Crippen LogP contribution is 2.30. The summed E-state index contributed by atoms with van der Waals surface area (Å²) in [6.07, 6.45) is -3.97. The fourth-order valence-corrected chi connectivity index (χ4v) is 1.23. The predicted molar refractivity (Wildman–Crippen MR) is 56.1 cm³/mol. The fourth-order valence-electron chi connectivity index (χ4n) is 1.23. The van der Waals surface area contributed by atoms with E-state index < -0.39 is 23.8 Å². The van der Waals surface area contributed by atoms with Crippen molar-refractivity contribution < 1.29 is 22.7 Å². The molecule has 0 aliphatic heterocycles. The molecule has 0 aliphatic rings. The van der Waals surface area contributed by atoms with Gasteiger partial charge in [-0.2, -0.15) is 13.2 Å². The number of rotatable bonds is 3. The van der Waals surface area contributed by atoms with Crippen molar-refractivity contribution in [1.82, 2.24) is 0 Å². The maximum Gasteiger partial charge on any atom is 0.416 e. The molecule has 0 spiro atoms. The van der Waals surface area contributed by atoms with Crippen LogP contribution in [0.4, 0.5) is 13.2 Å². The molecule has 0 radical (unpaired) electrons. The van der Waals surface area contributed by atoms with E-state index in [1.54, 1.807) is 6.92 Å². The standard InChI is InChI=1S/C12H11F3O2/c1-3-11(16)17-8(2)9-4-6-10(7-5-9)12(13,14)15/h3-8H,1H2,2H3. The van der Waals surface area contributed by atoms with Crippen molar-refractivity contribution in [2.75, 3.05) is 0 Å². The molecular formula is C12H11F3O2. The van der Waals surface area contributed by atoms with Crippen LogP contribution in [0, 0.1) is 0 Å². The Labute approximate surface area is 96.7 Å². The molecule has 0 fully saturated rings. The molecule has 1 aromatic carbocycles. The zero-order valence-corrected chi connectivity index (χ0v) is 9.12. The quantitative estimate of drug-likeness (QED) is 0.601. The Balaban J connectivity index is 2.80. The van der Waals surface area contributed by atoms with Gasteiger partial charge in [0.05, 0.1) is 5.56 Å². The number of ether oxygens (including phenoxy) is 1. The van der Waals surface area contributed by atoms with Gasteiger partial charge in [-0.15, -0.1) is 0 Å². The minimum Gasteiger partial charge on any atom is -0.455 e. The van der Waals surface area contributed by atoms with Crippen molar-refractivity contribution in [2.24, 2.45) is 0 Å². The zero-order valence-electron chi connectivity index (χ0n) is 9.12. The number of hydrogen-bond acceptors (Lipinski definition) is 2. The first kappa shape index (κ1) is 13.3. The normalized spacial score (nSPS) is 12.9. The smallest absolute Gasteiger partial charge is 0.416 e. The first-order valence-corrected chi connectivity index (χ1v) is 4.85. The van der Waals surface area contributed by atoms with Gasteiger partial charge in [0.2, 0.25) is 0 Å². The molecule has 1 aromatic rings.